The molecule has 0 aromatic carbocycles. The Hall–Kier alpha value is -1.62. The molecule has 5 heteroatoms. The van der Waals surface area contributed by atoms with Gasteiger partial charge in [0, 0.05) is 32.1 Å². The van der Waals surface area contributed by atoms with E-state index < -0.39 is 5.60 Å². The molecule has 1 saturated heterocycles. The summed E-state index contributed by atoms with van der Waals surface area (Å²) in [6.07, 6.45) is 11.1. The van der Waals surface area contributed by atoms with E-state index in [1.165, 1.54) is 6.42 Å². The van der Waals surface area contributed by atoms with Gasteiger partial charge in [-0.1, -0.05) is 0 Å². The lowest BCUT2D eigenvalue weighted by molar-refractivity contribution is -0.187. The van der Waals surface area contributed by atoms with Crippen LogP contribution in [0.1, 0.15) is 51.4 Å². The van der Waals surface area contributed by atoms with Crippen LogP contribution in [0.3, 0.4) is 0 Å². The number of aromatic nitrogens is 1. The lowest BCUT2D eigenvalue weighted by Gasteiger charge is -2.60. The number of rotatable bonds is 3. The zero-order chi connectivity index (χ0) is 17.8. The van der Waals surface area contributed by atoms with E-state index in [1.54, 1.807) is 12.4 Å². The van der Waals surface area contributed by atoms with Crippen molar-refractivity contribution in [2.75, 3.05) is 13.1 Å². The van der Waals surface area contributed by atoms with Crippen LogP contribution in [-0.2, 0) is 4.79 Å². The van der Waals surface area contributed by atoms with Crippen LogP contribution in [0.25, 0.3) is 0 Å². The van der Waals surface area contributed by atoms with Gasteiger partial charge in [-0.15, -0.1) is 0 Å². The average molecular weight is 356 g/mol. The van der Waals surface area contributed by atoms with Crippen molar-refractivity contribution in [2.24, 2.45) is 17.3 Å². The topological polar surface area (TPSA) is 62.7 Å². The smallest absolute Gasteiger partial charge is 0.228 e. The van der Waals surface area contributed by atoms with Crippen molar-refractivity contribution in [1.82, 2.24) is 9.88 Å². The van der Waals surface area contributed by atoms with Crippen molar-refractivity contribution in [3.63, 3.8) is 0 Å². The Labute approximate surface area is 154 Å². The van der Waals surface area contributed by atoms with E-state index in [0.29, 0.717) is 24.2 Å². The lowest BCUT2D eigenvalue weighted by atomic mass is 9.47. The number of pyridine rings is 1. The third kappa shape index (κ3) is 2.81. The molecule has 2 atom stereocenters. The Kier molecular flexibility index (Phi) is 3.78. The van der Waals surface area contributed by atoms with Crippen molar-refractivity contribution in [3.05, 3.63) is 24.5 Å². The molecule has 4 saturated carbocycles. The van der Waals surface area contributed by atoms with Gasteiger partial charge in [-0.2, -0.15) is 0 Å². The maximum absolute atomic E-state index is 13.4. The molecule has 6 rings (SSSR count). The van der Waals surface area contributed by atoms with E-state index in [0.717, 1.165) is 57.4 Å². The Morgan fingerprint density at radius 3 is 2.54 bits per heavy atom. The number of hydrogen-bond donors (Lipinski definition) is 1. The first kappa shape index (κ1) is 16.5. The number of piperidine rings is 1. The van der Waals surface area contributed by atoms with Crippen LogP contribution in [0.15, 0.2) is 24.5 Å². The van der Waals surface area contributed by atoms with E-state index in [2.05, 4.69) is 9.88 Å². The Morgan fingerprint density at radius 1 is 1.19 bits per heavy atom. The SMILES string of the molecule is O=C(N1CCC(Oc2cccnc2)CC1)C12CC3CC(CC(O)(C3)C1)C2. The lowest BCUT2D eigenvalue weighted by Crippen LogP contribution is -2.61. The summed E-state index contributed by atoms with van der Waals surface area (Å²) in [4.78, 5) is 19.6. The standard InChI is InChI=1S/C21H28N2O3/c24-19(20-9-15-8-16(10-20)12-21(25,11-15)14-20)23-6-3-17(4-7-23)26-18-2-1-5-22-13-18/h1-2,5,13,15-17,25H,3-4,6-12,14H2. The minimum absolute atomic E-state index is 0.156. The highest BCUT2D eigenvalue weighted by molar-refractivity contribution is 5.83. The molecule has 2 unspecified atom stereocenters. The minimum Gasteiger partial charge on any atom is -0.489 e. The van der Waals surface area contributed by atoms with Crippen molar-refractivity contribution < 1.29 is 14.6 Å². The molecule has 5 nitrogen and oxygen atoms in total. The number of carbonyl (C=O) groups is 1. The molecule has 1 aromatic heterocycles. The first-order chi connectivity index (χ1) is 12.5. The molecular formula is C21H28N2O3. The van der Waals surface area contributed by atoms with Crippen molar-refractivity contribution >= 4 is 5.91 Å². The first-order valence-corrected chi connectivity index (χ1v) is 10.1. The van der Waals surface area contributed by atoms with Gasteiger partial charge in [-0.25, -0.2) is 0 Å². The fourth-order valence-corrected chi connectivity index (χ4v) is 6.59. The maximum Gasteiger partial charge on any atom is 0.228 e. The van der Waals surface area contributed by atoms with Crippen molar-refractivity contribution in [2.45, 2.75) is 63.1 Å². The predicted molar refractivity (Wildman–Crippen MR) is 96.5 cm³/mol. The Morgan fingerprint density at radius 2 is 1.92 bits per heavy atom. The third-order valence-electron chi connectivity index (χ3n) is 7.15. The number of likely N-dealkylation sites (tertiary alicyclic amines) is 1. The summed E-state index contributed by atoms with van der Waals surface area (Å²) in [7, 11) is 0. The van der Waals surface area contributed by atoms with Crippen LogP contribution in [0.2, 0.25) is 0 Å². The van der Waals surface area contributed by atoms with Crippen LogP contribution < -0.4 is 4.74 Å². The van der Waals surface area contributed by atoms with Crippen LogP contribution in [0, 0.1) is 17.3 Å². The van der Waals surface area contributed by atoms with Gasteiger partial charge in [-0.3, -0.25) is 9.78 Å². The van der Waals surface area contributed by atoms with E-state index in [4.69, 9.17) is 4.74 Å². The Bertz CT molecular complexity index is 670. The molecule has 5 fully saturated rings. The monoisotopic (exact) mass is 356 g/mol. The zero-order valence-electron chi connectivity index (χ0n) is 15.3. The van der Waals surface area contributed by atoms with E-state index in [-0.39, 0.29) is 11.5 Å². The summed E-state index contributed by atoms with van der Waals surface area (Å²) >= 11 is 0. The van der Waals surface area contributed by atoms with Crippen LogP contribution in [0.5, 0.6) is 5.75 Å². The number of aliphatic hydroxyl groups is 1. The van der Waals surface area contributed by atoms with Gasteiger partial charge < -0.3 is 14.7 Å². The van der Waals surface area contributed by atoms with Crippen molar-refractivity contribution in [3.8, 4) is 5.75 Å². The predicted octanol–water partition coefficient (Wildman–Crippen LogP) is 2.78. The molecular weight excluding hydrogens is 328 g/mol. The summed E-state index contributed by atoms with van der Waals surface area (Å²) < 4.78 is 6.01. The second-order valence-corrected chi connectivity index (χ2v) is 9.26. The summed E-state index contributed by atoms with van der Waals surface area (Å²) in [5.41, 5.74) is -0.850. The molecule has 26 heavy (non-hydrogen) atoms. The molecule has 1 aromatic rings. The number of ether oxygens (including phenoxy) is 1. The minimum atomic E-state index is -0.568. The number of hydrogen-bond acceptors (Lipinski definition) is 4. The van der Waals surface area contributed by atoms with Gasteiger partial charge in [0.15, 0.2) is 0 Å². The second-order valence-electron chi connectivity index (χ2n) is 9.26. The molecule has 1 aliphatic heterocycles. The largest absolute Gasteiger partial charge is 0.489 e. The highest BCUT2D eigenvalue weighted by Gasteiger charge is 2.60. The van der Waals surface area contributed by atoms with Crippen LogP contribution >= 0.6 is 0 Å². The fraction of sp³-hybridized carbons (Fsp3) is 0.714. The molecule has 0 spiro atoms. The third-order valence-corrected chi connectivity index (χ3v) is 7.15. The molecule has 4 bridgehead atoms. The molecule has 0 radical (unpaired) electrons. The van der Waals surface area contributed by atoms with E-state index in [1.807, 2.05) is 12.1 Å². The first-order valence-electron chi connectivity index (χ1n) is 10.1. The highest BCUT2D eigenvalue weighted by Crippen LogP contribution is 2.62. The molecule has 4 aliphatic carbocycles. The van der Waals surface area contributed by atoms with Crippen LogP contribution in [-0.4, -0.2) is 45.7 Å². The van der Waals surface area contributed by atoms with Gasteiger partial charge >= 0.3 is 0 Å². The molecule has 1 N–H and O–H groups in total. The molecule has 5 aliphatic rings. The molecule has 1 amide bonds. The normalized spacial score (nSPS) is 39.2. The van der Waals surface area contributed by atoms with Gasteiger partial charge in [0.2, 0.25) is 5.91 Å². The van der Waals surface area contributed by atoms with Crippen LogP contribution in [0.4, 0.5) is 0 Å². The second kappa shape index (κ2) is 5.95. The van der Waals surface area contributed by atoms with Gasteiger partial charge in [0.1, 0.15) is 11.9 Å². The zero-order valence-corrected chi connectivity index (χ0v) is 15.3. The molecule has 2 heterocycles. The number of nitrogens with zero attached hydrogens (tertiary/aromatic N) is 2. The molecule has 140 valence electrons. The maximum atomic E-state index is 13.4. The Balaban J connectivity index is 1.24. The van der Waals surface area contributed by atoms with Gasteiger partial charge in [0.25, 0.3) is 0 Å². The summed E-state index contributed by atoms with van der Waals surface area (Å²) in [5, 5.41) is 10.9. The van der Waals surface area contributed by atoms with E-state index >= 15 is 0 Å². The highest BCUT2D eigenvalue weighted by atomic mass is 16.5. The average Bonchev–Trinajstić information content (AvgIpc) is 2.60. The van der Waals surface area contributed by atoms with Crippen molar-refractivity contribution in [1.29, 1.82) is 0 Å². The summed E-state index contributed by atoms with van der Waals surface area (Å²) in [6.45, 7) is 1.53. The summed E-state index contributed by atoms with van der Waals surface area (Å²) in [5.74, 6) is 2.22. The number of amides is 1. The quantitative estimate of drug-likeness (QED) is 0.905. The van der Waals surface area contributed by atoms with E-state index in [9.17, 15) is 9.90 Å². The van der Waals surface area contributed by atoms with Gasteiger partial charge in [0.05, 0.1) is 17.2 Å². The number of carbonyl (C=O) groups excluding carboxylic acids is 1. The summed E-state index contributed by atoms with van der Waals surface area (Å²) in [6, 6.07) is 3.81. The van der Waals surface area contributed by atoms with Gasteiger partial charge in [-0.05, 0) is 62.5 Å². The fourth-order valence-electron chi connectivity index (χ4n) is 6.59.